The van der Waals surface area contributed by atoms with Gasteiger partial charge in [0.05, 0.1) is 7.11 Å². The maximum absolute atomic E-state index is 5.73. The van der Waals surface area contributed by atoms with E-state index in [0.29, 0.717) is 5.92 Å². The zero-order chi connectivity index (χ0) is 21.4. The van der Waals surface area contributed by atoms with Crippen LogP contribution in [0.1, 0.15) is 35.8 Å². The summed E-state index contributed by atoms with van der Waals surface area (Å²) in [6, 6.07) is 10.8. The Hall–Kier alpha value is -1.32. The summed E-state index contributed by atoms with van der Waals surface area (Å²) in [5, 5.41) is 9.25. The first-order chi connectivity index (χ1) is 14.6. The Labute approximate surface area is 208 Å². The highest BCUT2D eigenvalue weighted by atomic mass is 127. The number of aliphatic imine (C=N–C) groups is 1. The molecule has 0 bridgehead atoms. The monoisotopic (exact) mass is 557 g/mol. The zero-order valence-electron chi connectivity index (χ0n) is 19.1. The van der Waals surface area contributed by atoms with Gasteiger partial charge in [-0.15, -0.1) is 35.3 Å². The molecule has 0 aliphatic carbocycles. The van der Waals surface area contributed by atoms with Crippen molar-refractivity contribution in [1.82, 2.24) is 10.6 Å². The number of hydrogen-bond donors (Lipinski definition) is 2. The molecule has 1 saturated heterocycles. The Bertz CT molecular complexity index is 820. The Kier molecular flexibility index (Phi) is 10.6. The Morgan fingerprint density at radius 2 is 2.03 bits per heavy atom. The molecule has 7 heteroatoms. The van der Waals surface area contributed by atoms with Crippen molar-refractivity contribution < 1.29 is 9.47 Å². The lowest BCUT2D eigenvalue weighted by Gasteiger charge is -2.39. The minimum atomic E-state index is -0.0319. The summed E-state index contributed by atoms with van der Waals surface area (Å²) in [5.41, 5.74) is 2.49. The molecule has 5 nitrogen and oxygen atoms in total. The van der Waals surface area contributed by atoms with E-state index in [2.05, 4.69) is 65.2 Å². The summed E-state index contributed by atoms with van der Waals surface area (Å²) >= 11 is 1.82. The van der Waals surface area contributed by atoms with E-state index in [0.717, 1.165) is 57.3 Å². The first-order valence-corrected chi connectivity index (χ1v) is 11.6. The molecule has 1 aromatic heterocycles. The third-order valence-corrected chi connectivity index (χ3v) is 6.84. The number of hydrogen-bond acceptors (Lipinski definition) is 4. The summed E-state index contributed by atoms with van der Waals surface area (Å²) in [5.74, 6) is 2.35. The van der Waals surface area contributed by atoms with Crippen LogP contribution < -0.4 is 15.4 Å². The molecule has 1 aliphatic heterocycles. The fraction of sp³-hybridized carbons (Fsp3) is 0.542. The Morgan fingerprint density at radius 3 is 2.68 bits per heavy atom. The summed E-state index contributed by atoms with van der Waals surface area (Å²) in [7, 11) is 3.59. The van der Waals surface area contributed by atoms with E-state index < -0.39 is 0 Å². The summed E-state index contributed by atoms with van der Waals surface area (Å²) < 4.78 is 11.4. The molecule has 1 fully saturated rings. The maximum atomic E-state index is 5.73. The predicted molar refractivity (Wildman–Crippen MR) is 141 cm³/mol. The van der Waals surface area contributed by atoms with Gasteiger partial charge in [-0.25, -0.2) is 0 Å². The summed E-state index contributed by atoms with van der Waals surface area (Å²) in [6.45, 7) is 7.64. The van der Waals surface area contributed by atoms with E-state index >= 15 is 0 Å². The molecule has 1 aliphatic rings. The van der Waals surface area contributed by atoms with Crippen LogP contribution in [0.4, 0.5) is 0 Å². The zero-order valence-corrected chi connectivity index (χ0v) is 22.2. The molecule has 1 atom stereocenters. The quantitative estimate of drug-likeness (QED) is 0.279. The topological polar surface area (TPSA) is 54.9 Å². The molecule has 31 heavy (non-hydrogen) atoms. The van der Waals surface area contributed by atoms with Crippen molar-refractivity contribution in [3.05, 3.63) is 51.7 Å². The first kappa shape index (κ1) is 25.9. The number of nitrogens with zero attached hydrogens (tertiary/aromatic N) is 1. The standard InChI is InChI=1S/C24H35N3O2S.HI/c1-18-7-8-22(28-4)21(15-18)24(9-11-29-12-10-24)17-27-23(25-3)26-16-19(2)14-20-6-5-13-30-20;/h5-8,13,15,19H,9-12,14,16-17H2,1-4H3,(H2,25,26,27);1H. The molecule has 0 saturated carbocycles. The SMILES string of the molecule is CN=C(NCC(C)Cc1cccs1)NCC1(c2cc(C)ccc2OC)CCOCC1.I. The van der Waals surface area contributed by atoms with Crippen LogP contribution in [0.2, 0.25) is 0 Å². The average molecular weight is 558 g/mol. The van der Waals surface area contributed by atoms with E-state index in [1.807, 2.05) is 18.4 Å². The smallest absolute Gasteiger partial charge is 0.191 e. The molecular formula is C24H36IN3O2S. The lowest BCUT2D eigenvalue weighted by atomic mass is 9.73. The van der Waals surface area contributed by atoms with Gasteiger partial charge in [-0.3, -0.25) is 4.99 Å². The molecule has 172 valence electrons. The van der Waals surface area contributed by atoms with Crippen LogP contribution in [0, 0.1) is 12.8 Å². The second-order valence-corrected chi connectivity index (χ2v) is 9.32. The van der Waals surface area contributed by atoms with Crippen LogP contribution in [0.5, 0.6) is 5.75 Å². The number of ether oxygens (including phenoxy) is 2. The molecule has 1 aromatic carbocycles. The van der Waals surface area contributed by atoms with Crippen LogP contribution in [-0.2, 0) is 16.6 Å². The van der Waals surface area contributed by atoms with Gasteiger partial charge in [0.15, 0.2) is 5.96 Å². The van der Waals surface area contributed by atoms with Gasteiger partial charge in [0.2, 0.25) is 0 Å². The predicted octanol–water partition coefficient (Wildman–Crippen LogP) is 4.78. The van der Waals surface area contributed by atoms with Crippen LogP contribution in [0.3, 0.4) is 0 Å². The molecule has 1 unspecified atom stereocenters. The number of nitrogens with one attached hydrogen (secondary N) is 2. The highest BCUT2D eigenvalue weighted by Crippen LogP contribution is 2.40. The van der Waals surface area contributed by atoms with Crippen molar-refractivity contribution >= 4 is 41.3 Å². The van der Waals surface area contributed by atoms with Gasteiger partial charge >= 0.3 is 0 Å². The molecule has 2 heterocycles. The van der Waals surface area contributed by atoms with Crippen LogP contribution in [0.25, 0.3) is 0 Å². The number of halogens is 1. The van der Waals surface area contributed by atoms with Crippen molar-refractivity contribution in [2.24, 2.45) is 10.9 Å². The average Bonchev–Trinajstić information content (AvgIpc) is 3.27. The van der Waals surface area contributed by atoms with Gasteiger partial charge in [0.25, 0.3) is 0 Å². The van der Waals surface area contributed by atoms with Gasteiger partial charge in [0.1, 0.15) is 5.75 Å². The molecular weight excluding hydrogens is 521 g/mol. The normalized spacial score (nSPS) is 16.8. The number of benzene rings is 1. The highest BCUT2D eigenvalue weighted by molar-refractivity contribution is 14.0. The second-order valence-electron chi connectivity index (χ2n) is 8.29. The lowest BCUT2D eigenvalue weighted by molar-refractivity contribution is 0.0505. The summed E-state index contributed by atoms with van der Waals surface area (Å²) in [6.07, 6.45) is 3.01. The molecule has 0 amide bonds. The number of aryl methyl sites for hydroxylation is 1. The van der Waals surface area contributed by atoms with E-state index in [1.165, 1.54) is 16.0 Å². The number of thiophene rings is 1. The molecule has 0 spiro atoms. The van der Waals surface area contributed by atoms with Crippen molar-refractivity contribution in [1.29, 1.82) is 0 Å². The van der Waals surface area contributed by atoms with Gasteiger partial charge in [-0.2, -0.15) is 0 Å². The van der Waals surface area contributed by atoms with Gasteiger partial charge in [-0.1, -0.05) is 30.7 Å². The van der Waals surface area contributed by atoms with Crippen molar-refractivity contribution in [3.63, 3.8) is 0 Å². The third-order valence-electron chi connectivity index (χ3n) is 5.94. The fourth-order valence-electron chi connectivity index (χ4n) is 4.13. The minimum Gasteiger partial charge on any atom is -0.496 e. The van der Waals surface area contributed by atoms with Crippen molar-refractivity contribution in [2.75, 3.05) is 40.5 Å². The third kappa shape index (κ3) is 7.08. The van der Waals surface area contributed by atoms with Crippen molar-refractivity contribution in [2.45, 2.75) is 38.5 Å². The van der Waals surface area contributed by atoms with E-state index in [4.69, 9.17) is 9.47 Å². The molecule has 0 radical (unpaired) electrons. The van der Waals surface area contributed by atoms with Crippen LogP contribution >= 0.6 is 35.3 Å². The molecule has 2 aromatic rings. The van der Waals surface area contributed by atoms with Gasteiger partial charge in [0, 0.05) is 49.2 Å². The van der Waals surface area contributed by atoms with E-state index in [9.17, 15) is 0 Å². The van der Waals surface area contributed by atoms with Crippen LogP contribution in [-0.4, -0.2) is 46.4 Å². The van der Waals surface area contributed by atoms with Crippen molar-refractivity contribution in [3.8, 4) is 5.75 Å². The fourth-order valence-corrected chi connectivity index (χ4v) is 5.00. The highest BCUT2D eigenvalue weighted by Gasteiger charge is 2.37. The maximum Gasteiger partial charge on any atom is 0.191 e. The molecule has 3 rings (SSSR count). The number of methoxy groups -OCH3 is 1. The largest absolute Gasteiger partial charge is 0.496 e. The first-order valence-electron chi connectivity index (χ1n) is 10.8. The number of rotatable bonds is 8. The van der Waals surface area contributed by atoms with Gasteiger partial charge in [-0.05, 0) is 49.6 Å². The summed E-state index contributed by atoms with van der Waals surface area (Å²) in [4.78, 5) is 5.89. The molecule has 2 N–H and O–H groups in total. The Morgan fingerprint density at radius 1 is 1.26 bits per heavy atom. The second kappa shape index (κ2) is 12.6. The van der Waals surface area contributed by atoms with Gasteiger partial charge < -0.3 is 20.1 Å². The van der Waals surface area contributed by atoms with E-state index in [1.54, 1.807) is 7.11 Å². The lowest BCUT2D eigenvalue weighted by Crippen LogP contribution is -2.48. The Balaban J connectivity index is 0.00000341. The van der Waals surface area contributed by atoms with E-state index in [-0.39, 0.29) is 29.4 Å². The minimum absolute atomic E-state index is 0. The number of guanidine groups is 1. The van der Waals surface area contributed by atoms with Crippen LogP contribution in [0.15, 0.2) is 40.7 Å².